The van der Waals surface area contributed by atoms with Gasteiger partial charge in [-0.05, 0) is 61.4 Å². The molecule has 7 heterocycles. The number of anilines is 2. The molecule has 282 valence electrons. The van der Waals surface area contributed by atoms with Crippen LogP contribution in [0.25, 0.3) is 22.3 Å². The van der Waals surface area contributed by atoms with Gasteiger partial charge in [0, 0.05) is 63.3 Å². The number of nitrogen functional groups attached to an aromatic ring is 1. The minimum Gasteiger partial charge on any atom is -0.457 e. The molecule has 0 spiro atoms. The molecule has 0 saturated carbocycles. The number of carbonyl (C=O) groups excluding carboxylic acids is 3. The van der Waals surface area contributed by atoms with E-state index in [1.807, 2.05) is 60.7 Å². The van der Waals surface area contributed by atoms with E-state index in [-0.39, 0.29) is 30.5 Å². The fourth-order valence-electron chi connectivity index (χ4n) is 7.94. The average Bonchev–Trinajstić information content (AvgIpc) is 3.54. The maximum absolute atomic E-state index is 16.1. The van der Waals surface area contributed by atoms with Crippen molar-refractivity contribution in [1.29, 1.82) is 0 Å². The molecule has 0 aliphatic carbocycles. The van der Waals surface area contributed by atoms with E-state index >= 15 is 4.39 Å². The van der Waals surface area contributed by atoms with Crippen LogP contribution in [0, 0.1) is 0 Å². The lowest BCUT2D eigenvalue weighted by atomic mass is 9.95. The number of halogens is 1. The summed E-state index contributed by atoms with van der Waals surface area (Å²) in [6.45, 7) is 4.52. The summed E-state index contributed by atoms with van der Waals surface area (Å²) in [5.74, 6) is 0.442. The van der Waals surface area contributed by atoms with Crippen LogP contribution >= 0.6 is 0 Å². The predicted octanol–water partition coefficient (Wildman–Crippen LogP) is 2.96. The van der Waals surface area contributed by atoms with Crippen molar-refractivity contribution >= 4 is 40.3 Å². The van der Waals surface area contributed by atoms with Crippen LogP contribution in [-0.4, -0.2) is 116 Å². The summed E-state index contributed by atoms with van der Waals surface area (Å²) < 4.78 is 23.8. The highest BCUT2D eigenvalue weighted by Gasteiger charge is 2.44. The highest BCUT2D eigenvalue weighted by molar-refractivity contribution is 6.03. The summed E-state index contributed by atoms with van der Waals surface area (Å²) >= 11 is 0. The van der Waals surface area contributed by atoms with Gasteiger partial charge in [0.05, 0.1) is 23.3 Å². The van der Waals surface area contributed by atoms with Gasteiger partial charge in [0.25, 0.3) is 5.91 Å². The first-order valence-corrected chi connectivity index (χ1v) is 18.6. The van der Waals surface area contributed by atoms with Gasteiger partial charge in [-0.1, -0.05) is 18.2 Å². The number of benzene rings is 2. The van der Waals surface area contributed by atoms with Gasteiger partial charge < -0.3 is 20.7 Å². The lowest BCUT2D eigenvalue weighted by Gasteiger charge is -2.55. The number of carbonyl (C=O) groups is 3. The van der Waals surface area contributed by atoms with Crippen LogP contribution in [0.4, 0.5) is 15.9 Å². The van der Waals surface area contributed by atoms with Gasteiger partial charge in [0.15, 0.2) is 5.65 Å². The van der Waals surface area contributed by atoms with Crippen LogP contribution in [-0.2, 0) is 9.59 Å². The van der Waals surface area contributed by atoms with Crippen LogP contribution in [0.15, 0.2) is 79.3 Å². The lowest BCUT2D eigenvalue weighted by molar-refractivity contribution is -0.134. The minimum absolute atomic E-state index is 0.187. The van der Waals surface area contributed by atoms with Crippen LogP contribution in [0.5, 0.6) is 11.5 Å². The number of nitrogens with zero attached hydrogens (tertiary/aromatic N) is 8. The Morgan fingerprint density at radius 3 is 2.36 bits per heavy atom. The number of para-hydroxylation sites is 1. The van der Waals surface area contributed by atoms with Gasteiger partial charge in [-0.15, -0.1) is 0 Å². The number of hydrogen-bond acceptors (Lipinski definition) is 12. The van der Waals surface area contributed by atoms with Crippen LogP contribution in [0.2, 0.25) is 0 Å². The molecule has 16 heteroatoms. The number of nitrogens with one attached hydrogen (secondary N) is 2. The van der Waals surface area contributed by atoms with E-state index in [2.05, 4.69) is 40.3 Å². The number of aromatic nitrogens is 5. The molecule has 0 bridgehead atoms. The number of rotatable bonds is 9. The Hall–Kier alpha value is -6.00. The topological polar surface area (TPSA) is 177 Å². The van der Waals surface area contributed by atoms with Crippen molar-refractivity contribution in [2.75, 3.05) is 49.9 Å². The van der Waals surface area contributed by atoms with Crippen molar-refractivity contribution in [3.05, 3.63) is 84.9 Å². The normalized spacial score (nSPS) is 22.6. The van der Waals surface area contributed by atoms with E-state index in [4.69, 9.17) is 15.6 Å². The van der Waals surface area contributed by atoms with Gasteiger partial charge in [0.2, 0.25) is 11.8 Å². The maximum Gasteiger partial charge on any atom is 0.270 e. The second-order valence-electron chi connectivity index (χ2n) is 14.6. The van der Waals surface area contributed by atoms with Crippen molar-refractivity contribution in [1.82, 2.24) is 45.2 Å². The number of ether oxygens (including phenoxy) is 1. The first-order valence-electron chi connectivity index (χ1n) is 18.6. The Kier molecular flexibility index (Phi) is 9.06. The lowest BCUT2D eigenvalue weighted by Crippen LogP contribution is -2.70. The first-order chi connectivity index (χ1) is 26.8. The van der Waals surface area contributed by atoms with Crippen LogP contribution in [0.3, 0.4) is 0 Å². The van der Waals surface area contributed by atoms with Crippen LogP contribution < -0.4 is 26.0 Å². The van der Waals surface area contributed by atoms with Crippen molar-refractivity contribution in [3.63, 3.8) is 0 Å². The number of alkyl halides is 1. The van der Waals surface area contributed by atoms with E-state index in [9.17, 15) is 14.4 Å². The summed E-state index contributed by atoms with van der Waals surface area (Å²) in [6.07, 6.45) is 2.98. The zero-order valence-corrected chi connectivity index (χ0v) is 29.9. The van der Waals surface area contributed by atoms with Crippen molar-refractivity contribution in [2.24, 2.45) is 0 Å². The van der Waals surface area contributed by atoms with Gasteiger partial charge in [-0.3, -0.25) is 29.5 Å². The summed E-state index contributed by atoms with van der Waals surface area (Å²) in [7, 11) is 0. The van der Waals surface area contributed by atoms with Crippen LogP contribution in [0.1, 0.15) is 35.8 Å². The standard InChI is InChI=1S/C39H40FN11O4/c40-29-21-48(25-17-50(18-25)26-19-49(20-26)24-8-11-30(42-16-24)38(53)45-31-12-13-33(52)46-39(31)54)15-14-32(29)51-37-34(36(41)43-22-44-37)35(47-51)23-6-9-28(10-7-23)55-27-4-2-1-3-5-27/h1-11,16,22,25-26,29,31-32H,12-15,17-21H2,(H,45,53)(H2,41,43,44)(H,46,52,54)/t29-,31?,32-/m1/s1. The molecule has 1 unspecified atom stereocenters. The molecule has 0 radical (unpaired) electrons. The van der Waals surface area contributed by atoms with Gasteiger partial charge in [-0.25, -0.2) is 24.0 Å². The number of imide groups is 1. The van der Waals surface area contributed by atoms with Crippen molar-refractivity contribution in [3.8, 4) is 22.8 Å². The van der Waals surface area contributed by atoms with Crippen molar-refractivity contribution < 1.29 is 23.5 Å². The Bertz CT molecular complexity index is 2220. The number of fused-ring (bicyclic) bond motifs is 1. The molecule has 2 aromatic carbocycles. The third-order valence-corrected chi connectivity index (χ3v) is 11.2. The number of hydrogen-bond donors (Lipinski definition) is 3. The second kappa shape index (κ2) is 14.3. The number of likely N-dealkylation sites (tertiary alicyclic amines) is 2. The van der Waals surface area contributed by atoms with E-state index in [1.54, 1.807) is 16.9 Å². The molecule has 15 nitrogen and oxygen atoms in total. The molecule has 4 aliphatic rings. The Labute approximate surface area is 315 Å². The number of nitrogens with two attached hydrogens (primary N) is 1. The molecule has 3 atom stereocenters. The third-order valence-electron chi connectivity index (χ3n) is 11.2. The summed E-state index contributed by atoms with van der Waals surface area (Å²) in [5, 5.41) is 10.4. The highest BCUT2D eigenvalue weighted by atomic mass is 19.1. The van der Waals surface area contributed by atoms with E-state index in [0.717, 1.165) is 49.7 Å². The van der Waals surface area contributed by atoms with Gasteiger partial charge in [-0.2, -0.15) is 5.10 Å². The zero-order chi connectivity index (χ0) is 37.6. The third kappa shape index (κ3) is 6.82. The van der Waals surface area contributed by atoms with E-state index < -0.39 is 30.1 Å². The fourth-order valence-corrected chi connectivity index (χ4v) is 7.94. The summed E-state index contributed by atoms with van der Waals surface area (Å²) in [6, 6.07) is 20.1. The molecule has 55 heavy (non-hydrogen) atoms. The van der Waals surface area contributed by atoms with E-state index in [0.29, 0.717) is 47.3 Å². The number of amides is 3. The fraction of sp³-hybridized carbons (Fsp3) is 0.359. The maximum atomic E-state index is 16.1. The van der Waals surface area contributed by atoms with Crippen molar-refractivity contribution in [2.45, 2.75) is 49.6 Å². The number of piperidine rings is 2. The summed E-state index contributed by atoms with van der Waals surface area (Å²) in [4.78, 5) is 56.0. The minimum atomic E-state index is -1.14. The molecule has 9 rings (SSSR count). The van der Waals surface area contributed by atoms with Gasteiger partial charge in [0.1, 0.15) is 47.2 Å². The zero-order valence-electron chi connectivity index (χ0n) is 29.9. The predicted molar refractivity (Wildman–Crippen MR) is 201 cm³/mol. The largest absolute Gasteiger partial charge is 0.457 e. The molecule has 3 amide bonds. The Morgan fingerprint density at radius 1 is 0.873 bits per heavy atom. The average molecular weight is 746 g/mol. The molecular weight excluding hydrogens is 706 g/mol. The SMILES string of the molecule is Nc1ncnc2c1c(-c1ccc(Oc3ccccc3)cc1)nn2[C@@H]1CCN(C2CN(C3CN(c4ccc(C(=O)NC5CCC(=O)NC5=O)nc4)C3)C2)C[C@H]1F. The summed E-state index contributed by atoms with van der Waals surface area (Å²) in [5.41, 5.74) is 9.44. The highest BCUT2D eigenvalue weighted by Crippen LogP contribution is 2.37. The number of pyridine rings is 1. The van der Waals surface area contributed by atoms with E-state index in [1.165, 1.54) is 6.33 Å². The smallest absolute Gasteiger partial charge is 0.270 e. The quantitative estimate of drug-likeness (QED) is 0.189. The molecule has 5 aromatic rings. The molecule has 4 N–H and O–H groups in total. The molecule has 3 aromatic heterocycles. The Balaban J connectivity index is 0.779. The Morgan fingerprint density at radius 2 is 1.64 bits per heavy atom. The molecule has 4 aliphatic heterocycles. The molecular formula is C39H40FN11O4. The molecule has 4 saturated heterocycles. The first kappa shape index (κ1) is 34.7. The second-order valence-corrected chi connectivity index (χ2v) is 14.6. The molecule has 4 fully saturated rings. The van der Waals surface area contributed by atoms with Gasteiger partial charge >= 0.3 is 0 Å². The monoisotopic (exact) mass is 745 g/mol.